The zero-order valence-corrected chi connectivity index (χ0v) is 15.7. The number of nitrogens with zero attached hydrogens (tertiary/aromatic N) is 1. The van der Waals surface area contributed by atoms with Gasteiger partial charge in [-0.3, -0.25) is 0 Å². The number of halogens is 2. The highest BCUT2D eigenvalue weighted by Gasteiger charge is 2.45. The van der Waals surface area contributed by atoms with E-state index in [-0.39, 0.29) is 41.6 Å². The molecule has 2 N–H and O–H groups in total. The Hall–Kier alpha value is -0.930. The van der Waals surface area contributed by atoms with E-state index in [4.69, 9.17) is 15.2 Å². The first-order chi connectivity index (χ1) is 11.4. The summed E-state index contributed by atoms with van der Waals surface area (Å²) in [5.41, 5.74) is 6.08. The molecule has 0 amide bonds. The lowest BCUT2D eigenvalue weighted by atomic mass is 9.98. The van der Waals surface area contributed by atoms with Gasteiger partial charge in [-0.15, -0.1) is 12.4 Å². The van der Waals surface area contributed by atoms with Crippen LogP contribution in [0.3, 0.4) is 0 Å². The molecule has 0 spiro atoms. The van der Waals surface area contributed by atoms with Crippen LogP contribution >= 0.6 is 12.4 Å². The van der Waals surface area contributed by atoms with Crippen molar-refractivity contribution in [3.05, 3.63) is 24.0 Å². The Morgan fingerprint density at radius 2 is 2.04 bits per heavy atom. The van der Waals surface area contributed by atoms with E-state index in [2.05, 4.69) is 0 Å². The molecule has 1 aliphatic heterocycles. The van der Waals surface area contributed by atoms with Gasteiger partial charge >= 0.3 is 0 Å². The first kappa shape index (κ1) is 20.4. The van der Waals surface area contributed by atoms with Gasteiger partial charge in [-0.25, -0.2) is 12.8 Å². The molecule has 2 fully saturated rings. The molecule has 2 aliphatic rings. The lowest BCUT2D eigenvalue weighted by Gasteiger charge is -2.20. The van der Waals surface area contributed by atoms with Crippen molar-refractivity contribution < 1.29 is 22.3 Å². The number of benzene rings is 1. The minimum atomic E-state index is -3.82. The SMILES string of the molecule is COCCOc1ccc(F)cc1S(=O)(=O)N1CC2CCC(N)C2C1.Cl. The standard InChI is InChI=1S/C16H23FN2O4S.ClH/c1-22-6-7-23-15-5-3-12(17)8-16(15)24(20,21)19-9-11-2-4-14(18)13(11)10-19;/h3,5,8,11,13-14H,2,4,6-7,9-10,18H2,1H3;1H. The van der Waals surface area contributed by atoms with Crippen molar-refractivity contribution in [2.24, 2.45) is 17.6 Å². The minimum absolute atomic E-state index is 0. The average molecular weight is 395 g/mol. The number of methoxy groups -OCH3 is 1. The number of ether oxygens (including phenoxy) is 2. The molecule has 3 unspecified atom stereocenters. The van der Waals surface area contributed by atoms with Crippen molar-refractivity contribution in [1.29, 1.82) is 0 Å². The van der Waals surface area contributed by atoms with Crippen LogP contribution in [0.15, 0.2) is 23.1 Å². The van der Waals surface area contributed by atoms with E-state index < -0.39 is 15.8 Å². The number of sulfonamides is 1. The van der Waals surface area contributed by atoms with Crippen molar-refractivity contribution in [2.75, 3.05) is 33.4 Å². The smallest absolute Gasteiger partial charge is 0.246 e. The molecule has 1 saturated carbocycles. The highest BCUT2D eigenvalue weighted by Crippen LogP contribution is 2.40. The number of hydrogen-bond acceptors (Lipinski definition) is 5. The summed E-state index contributed by atoms with van der Waals surface area (Å²) in [6.07, 6.45) is 1.88. The van der Waals surface area contributed by atoms with Crippen LogP contribution in [0.1, 0.15) is 12.8 Å². The van der Waals surface area contributed by atoms with Crippen LogP contribution in [0.4, 0.5) is 4.39 Å². The van der Waals surface area contributed by atoms with Gasteiger partial charge in [0.2, 0.25) is 10.0 Å². The maximum Gasteiger partial charge on any atom is 0.246 e. The number of rotatable bonds is 6. The Morgan fingerprint density at radius 1 is 1.28 bits per heavy atom. The lowest BCUT2D eigenvalue weighted by Crippen LogP contribution is -2.33. The molecule has 25 heavy (non-hydrogen) atoms. The molecule has 1 aromatic rings. The average Bonchev–Trinajstić information content (AvgIpc) is 3.12. The predicted octanol–water partition coefficient (Wildman–Crippen LogP) is 1.63. The van der Waals surface area contributed by atoms with E-state index >= 15 is 0 Å². The van der Waals surface area contributed by atoms with Gasteiger partial charge in [0, 0.05) is 26.2 Å². The third kappa shape index (κ3) is 4.09. The van der Waals surface area contributed by atoms with E-state index in [0.717, 1.165) is 18.9 Å². The van der Waals surface area contributed by atoms with Gasteiger partial charge < -0.3 is 15.2 Å². The van der Waals surface area contributed by atoms with Gasteiger partial charge in [0.15, 0.2) is 0 Å². The summed E-state index contributed by atoms with van der Waals surface area (Å²) >= 11 is 0. The maximum absolute atomic E-state index is 13.7. The van der Waals surface area contributed by atoms with Crippen molar-refractivity contribution in [3.63, 3.8) is 0 Å². The largest absolute Gasteiger partial charge is 0.490 e. The van der Waals surface area contributed by atoms with Crippen molar-refractivity contribution in [1.82, 2.24) is 4.31 Å². The van der Waals surface area contributed by atoms with Crippen LogP contribution in [-0.2, 0) is 14.8 Å². The second-order valence-electron chi connectivity index (χ2n) is 6.42. The van der Waals surface area contributed by atoms with Crippen LogP contribution in [0.2, 0.25) is 0 Å². The van der Waals surface area contributed by atoms with E-state index in [1.54, 1.807) is 0 Å². The Balaban J connectivity index is 0.00000225. The number of hydrogen-bond donors (Lipinski definition) is 1. The summed E-state index contributed by atoms with van der Waals surface area (Å²) in [5, 5.41) is 0. The minimum Gasteiger partial charge on any atom is -0.490 e. The summed E-state index contributed by atoms with van der Waals surface area (Å²) in [5.74, 6) is 0.0194. The van der Waals surface area contributed by atoms with Gasteiger partial charge in [-0.05, 0) is 42.9 Å². The highest BCUT2D eigenvalue weighted by molar-refractivity contribution is 7.89. The van der Waals surface area contributed by atoms with Gasteiger partial charge in [-0.2, -0.15) is 4.31 Å². The maximum atomic E-state index is 13.7. The molecule has 0 bridgehead atoms. The molecular weight excluding hydrogens is 371 g/mol. The molecule has 9 heteroatoms. The molecule has 142 valence electrons. The van der Waals surface area contributed by atoms with Gasteiger partial charge in [0.1, 0.15) is 23.1 Å². The van der Waals surface area contributed by atoms with E-state index in [1.807, 2.05) is 0 Å². The summed E-state index contributed by atoms with van der Waals surface area (Å²) in [4.78, 5) is -0.132. The highest BCUT2D eigenvalue weighted by atomic mass is 35.5. The molecular formula is C16H24ClFN2O4S. The molecule has 0 radical (unpaired) electrons. The Labute approximate surface area is 153 Å². The van der Waals surface area contributed by atoms with E-state index in [0.29, 0.717) is 25.6 Å². The molecule has 3 rings (SSSR count). The Kier molecular flexibility index (Phi) is 6.67. The molecule has 1 aliphatic carbocycles. The van der Waals surface area contributed by atoms with Gasteiger partial charge in [-0.1, -0.05) is 0 Å². The summed E-state index contributed by atoms with van der Waals surface area (Å²) in [7, 11) is -2.30. The molecule has 3 atom stereocenters. The van der Waals surface area contributed by atoms with Crippen LogP contribution in [0.5, 0.6) is 5.75 Å². The zero-order chi connectivity index (χ0) is 17.3. The van der Waals surface area contributed by atoms with Gasteiger partial charge in [0.25, 0.3) is 0 Å². The van der Waals surface area contributed by atoms with Crippen LogP contribution < -0.4 is 10.5 Å². The Bertz CT molecular complexity index is 703. The Morgan fingerprint density at radius 3 is 2.72 bits per heavy atom. The summed E-state index contributed by atoms with van der Waals surface area (Å²) in [6, 6.07) is 3.60. The van der Waals surface area contributed by atoms with Crippen LogP contribution in [0, 0.1) is 17.7 Å². The van der Waals surface area contributed by atoms with Crippen molar-refractivity contribution in [3.8, 4) is 5.75 Å². The van der Waals surface area contributed by atoms with E-state index in [9.17, 15) is 12.8 Å². The molecule has 1 saturated heterocycles. The molecule has 0 aromatic heterocycles. The molecule has 6 nitrogen and oxygen atoms in total. The fourth-order valence-corrected chi connectivity index (χ4v) is 5.32. The number of nitrogens with two attached hydrogens (primary N) is 1. The molecule has 1 aromatic carbocycles. The second kappa shape index (κ2) is 8.18. The van der Waals surface area contributed by atoms with Crippen LogP contribution in [-0.4, -0.2) is 52.2 Å². The third-order valence-electron chi connectivity index (χ3n) is 4.95. The zero-order valence-electron chi connectivity index (χ0n) is 14.1. The summed E-state index contributed by atoms with van der Waals surface area (Å²) < 4.78 is 51.4. The van der Waals surface area contributed by atoms with Gasteiger partial charge in [0.05, 0.1) is 6.61 Å². The monoisotopic (exact) mass is 394 g/mol. The third-order valence-corrected chi connectivity index (χ3v) is 6.80. The molecule has 1 heterocycles. The normalized spacial score (nSPS) is 26.3. The first-order valence-corrected chi connectivity index (χ1v) is 9.54. The quantitative estimate of drug-likeness (QED) is 0.741. The first-order valence-electron chi connectivity index (χ1n) is 8.10. The second-order valence-corrected chi connectivity index (χ2v) is 8.33. The van der Waals surface area contributed by atoms with Crippen molar-refractivity contribution >= 4 is 22.4 Å². The topological polar surface area (TPSA) is 81.9 Å². The number of fused-ring (bicyclic) bond motifs is 1. The fraction of sp³-hybridized carbons (Fsp3) is 0.625. The summed E-state index contributed by atoms with van der Waals surface area (Å²) in [6.45, 7) is 1.34. The predicted molar refractivity (Wildman–Crippen MR) is 94.0 cm³/mol. The van der Waals surface area contributed by atoms with E-state index in [1.165, 1.54) is 23.5 Å². The lowest BCUT2D eigenvalue weighted by molar-refractivity contribution is 0.144. The van der Waals surface area contributed by atoms with Crippen molar-refractivity contribution in [2.45, 2.75) is 23.8 Å². The van der Waals surface area contributed by atoms with Crippen LogP contribution in [0.25, 0.3) is 0 Å². The fourth-order valence-electron chi connectivity index (χ4n) is 3.64.